The van der Waals surface area contributed by atoms with Crippen LogP contribution in [0.5, 0.6) is 0 Å². The highest BCUT2D eigenvalue weighted by Gasteiger charge is 2.26. The Labute approximate surface area is 146 Å². The van der Waals surface area contributed by atoms with E-state index in [1.54, 1.807) is 0 Å². The molecule has 24 heavy (non-hydrogen) atoms. The van der Waals surface area contributed by atoms with E-state index in [-0.39, 0.29) is 11.9 Å². The number of hydrogen-bond donors (Lipinski definition) is 2. The molecule has 2 N–H and O–H groups in total. The van der Waals surface area contributed by atoms with Crippen LogP contribution in [0.1, 0.15) is 71.6 Å². The van der Waals surface area contributed by atoms with Gasteiger partial charge in [-0.3, -0.25) is 4.79 Å². The molecule has 0 aromatic heterocycles. The van der Waals surface area contributed by atoms with Gasteiger partial charge in [0.1, 0.15) is 0 Å². The molecule has 0 spiro atoms. The Kier molecular flexibility index (Phi) is 7.86. The van der Waals surface area contributed by atoms with Crippen LogP contribution in [0.4, 0.5) is 4.79 Å². The van der Waals surface area contributed by atoms with Crippen LogP contribution in [0.15, 0.2) is 0 Å². The van der Waals surface area contributed by atoms with Crippen molar-refractivity contribution >= 4 is 11.9 Å². The summed E-state index contributed by atoms with van der Waals surface area (Å²) in [5.41, 5.74) is 0. The maximum absolute atomic E-state index is 12.3. The first-order valence-corrected chi connectivity index (χ1v) is 9.86. The zero-order valence-electron chi connectivity index (χ0n) is 15.5. The van der Waals surface area contributed by atoms with Gasteiger partial charge in [0.2, 0.25) is 5.91 Å². The maximum atomic E-state index is 12.3. The van der Waals surface area contributed by atoms with Crippen LogP contribution in [-0.2, 0) is 4.79 Å². The SMILES string of the molecule is CC(C)CCNC(=O)CC1CCN(C(=O)NC2CCCCC2)CC1. The van der Waals surface area contributed by atoms with E-state index in [1.165, 1.54) is 19.3 Å². The summed E-state index contributed by atoms with van der Waals surface area (Å²) in [7, 11) is 0. The van der Waals surface area contributed by atoms with Gasteiger partial charge in [-0.2, -0.15) is 0 Å². The van der Waals surface area contributed by atoms with Crippen molar-refractivity contribution in [2.45, 2.75) is 77.7 Å². The van der Waals surface area contributed by atoms with E-state index in [0.29, 0.717) is 24.3 Å². The van der Waals surface area contributed by atoms with Gasteiger partial charge in [-0.25, -0.2) is 4.79 Å². The minimum Gasteiger partial charge on any atom is -0.356 e. The number of urea groups is 1. The molecule has 3 amide bonds. The molecule has 1 heterocycles. The highest BCUT2D eigenvalue weighted by atomic mass is 16.2. The number of piperidine rings is 1. The van der Waals surface area contributed by atoms with E-state index >= 15 is 0 Å². The largest absolute Gasteiger partial charge is 0.356 e. The van der Waals surface area contributed by atoms with E-state index in [9.17, 15) is 9.59 Å². The molecule has 2 rings (SSSR count). The van der Waals surface area contributed by atoms with Gasteiger partial charge in [-0.1, -0.05) is 33.1 Å². The lowest BCUT2D eigenvalue weighted by Gasteiger charge is -2.33. The summed E-state index contributed by atoms with van der Waals surface area (Å²) in [5.74, 6) is 1.21. The van der Waals surface area contributed by atoms with Crippen molar-refractivity contribution in [1.82, 2.24) is 15.5 Å². The predicted molar refractivity (Wildman–Crippen MR) is 96.8 cm³/mol. The second-order valence-electron chi connectivity index (χ2n) is 7.95. The molecule has 0 aromatic carbocycles. The molecule has 0 unspecified atom stereocenters. The summed E-state index contributed by atoms with van der Waals surface area (Å²) < 4.78 is 0. The number of carbonyl (C=O) groups is 2. The van der Waals surface area contributed by atoms with Crippen LogP contribution in [0.25, 0.3) is 0 Å². The average Bonchev–Trinajstić information content (AvgIpc) is 2.56. The minimum absolute atomic E-state index is 0.0988. The van der Waals surface area contributed by atoms with Crippen molar-refractivity contribution in [2.75, 3.05) is 19.6 Å². The number of likely N-dealkylation sites (tertiary alicyclic amines) is 1. The van der Waals surface area contributed by atoms with E-state index in [4.69, 9.17) is 0 Å². The van der Waals surface area contributed by atoms with Gasteiger partial charge in [0.05, 0.1) is 0 Å². The molecule has 1 aliphatic carbocycles. The van der Waals surface area contributed by atoms with Gasteiger partial charge >= 0.3 is 6.03 Å². The third-order valence-corrected chi connectivity index (χ3v) is 5.35. The van der Waals surface area contributed by atoms with Gasteiger partial charge in [0, 0.05) is 32.1 Å². The predicted octanol–water partition coefficient (Wildman–Crippen LogP) is 3.29. The molecule has 2 fully saturated rings. The zero-order valence-corrected chi connectivity index (χ0v) is 15.5. The first kappa shape index (κ1) is 19.1. The van der Waals surface area contributed by atoms with Crippen LogP contribution in [0.2, 0.25) is 0 Å². The van der Waals surface area contributed by atoms with Crippen LogP contribution in [0.3, 0.4) is 0 Å². The van der Waals surface area contributed by atoms with Gasteiger partial charge in [-0.15, -0.1) is 0 Å². The summed E-state index contributed by atoms with van der Waals surface area (Å²) in [4.78, 5) is 26.2. The smallest absolute Gasteiger partial charge is 0.317 e. The quantitative estimate of drug-likeness (QED) is 0.781. The first-order chi connectivity index (χ1) is 11.5. The Morgan fingerprint density at radius 1 is 1.04 bits per heavy atom. The molecular weight excluding hydrogens is 302 g/mol. The molecule has 0 radical (unpaired) electrons. The number of carbonyl (C=O) groups excluding carboxylic acids is 2. The lowest BCUT2D eigenvalue weighted by Crippen LogP contribution is -2.48. The number of amides is 3. The van der Waals surface area contributed by atoms with Crippen LogP contribution < -0.4 is 10.6 Å². The van der Waals surface area contributed by atoms with E-state index < -0.39 is 0 Å². The number of rotatable bonds is 6. The second kappa shape index (κ2) is 9.90. The summed E-state index contributed by atoms with van der Waals surface area (Å²) in [6.45, 7) is 6.67. The lowest BCUT2D eigenvalue weighted by atomic mass is 9.93. The molecule has 0 bridgehead atoms. The first-order valence-electron chi connectivity index (χ1n) is 9.86. The Morgan fingerprint density at radius 2 is 1.71 bits per heavy atom. The lowest BCUT2D eigenvalue weighted by molar-refractivity contribution is -0.122. The number of nitrogens with one attached hydrogen (secondary N) is 2. The van der Waals surface area contributed by atoms with Crippen molar-refractivity contribution in [1.29, 1.82) is 0 Å². The van der Waals surface area contributed by atoms with Crippen molar-refractivity contribution in [3.63, 3.8) is 0 Å². The normalized spacial score (nSPS) is 20.2. The standard InChI is InChI=1S/C19H35N3O2/c1-15(2)8-11-20-18(23)14-16-9-12-22(13-10-16)19(24)21-17-6-4-3-5-7-17/h15-17H,3-14H2,1-2H3,(H,20,23)(H,21,24). The Hall–Kier alpha value is -1.26. The Morgan fingerprint density at radius 3 is 2.33 bits per heavy atom. The molecule has 1 saturated heterocycles. The topological polar surface area (TPSA) is 61.4 Å². The minimum atomic E-state index is 0.0988. The monoisotopic (exact) mass is 337 g/mol. The fourth-order valence-electron chi connectivity index (χ4n) is 3.69. The second-order valence-corrected chi connectivity index (χ2v) is 7.95. The molecule has 2 aliphatic rings. The zero-order chi connectivity index (χ0) is 17.4. The summed E-state index contributed by atoms with van der Waals surface area (Å²) in [6.07, 6.45) is 9.54. The average molecular weight is 338 g/mol. The van der Waals surface area contributed by atoms with Crippen LogP contribution in [-0.4, -0.2) is 42.5 Å². The van der Waals surface area contributed by atoms with E-state index in [2.05, 4.69) is 24.5 Å². The Bertz CT molecular complexity index is 397. The maximum Gasteiger partial charge on any atom is 0.317 e. The van der Waals surface area contributed by atoms with Gasteiger partial charge in [-0.05, 0) is 43.9 Å². The Balaban J connectivity index is 1.61. The molecule has 0 atom stereocenters. The van der Waals surface area contributed by atoms with Crippen LogP contribution >= 0.6 is 0 Å². The molecule has 0 aromatic rings. The summed E-state index contributed by atoms with van der Waals surface area (Å²) in [5, 5.41) is 6.21. The van der Waals surface area contributed by atoms with Crippen molar-refractivity contribution in [3.8, 4) is 0 Å². The van der Waals surface area contributed by atoms with Gasteiger partial charge < -0.3 is 15.5 Å². The summed E-state index contributed by atoms with van der Waals surface area (Å²) in [6, 6.07) is 0.470. The van der Waals surface area contributed by atoms with E-state index in [0.717, 1.165) is 51.7 Å². The van der Waals surface area contributed by atoms with Crippen LogP contribution in [0, 0.1) is 11.8 Å². The highest BCUT2D eigenvalue weighted by molar-refractivity contribution is 5.76. The highest BCUT2D eigenvalue weighted by Crippen LogP contribution is 2.22. The molecular formula is C19H35N3O2. The van der Waals surface area contributed by atoms with Crippen molar-refractivity contribution < 1.29 is 9.59 Å². The van der Waals surface area contributed by atoms with Gasteiger partial charge in [0.15, 0.2) is 0 Å². The molecule has 5 heteroatoms. The third-order valence-electron chi connectivity index (χ3n) is 5.35. The van der Waals surface area contributed by atoms with E-state index in [1.807, 2.05) is 4.90 Å². The number of hydrogen-bond acceptors (Lipinski definition) is 2. The molecule has 5 nitrogen and oxygen atoms in total. The fraction of sp³-hybridized carbons (Fsp3) is 0.895. The summed E-state index contributed by atoms with van der Waals surface area (Å²) >= 11 is 0. The fourth-order valence-corrected chi connectivity index (χ4v) is 3.69. The third kappa shape index (κ3) is 6.70. The molecule has 1 aliphatic heterocycles. The molecule has 138 valence electrons. The van der Waals surface area contributed by atoms with Crippen molar-refractivity contribution in [2.24, 2.45) is 11.8 Å². The molecule has 1 saturated carbocycles. The van der Waals surface area contributed by atoms with Crippen molar-refractivity contribution in [3.05, 3.63) is 0 Å². The number of nitrogens with zero attached hydrogens (tertiary/aromatic N) is 1. The van der Waals surface area contributed by atoms with Gasteiger partial charge in [0.25, 0.3) is 0 Å².